The molecule has 0 aliphatic carbocycles. The fourth-order valence-corrected chi connectivity index (χ4v) is 3.76. The molecule has 1 heterocycles. The first-order valence-corrected chi connectivity index (χ1v) is 10.7. The SMILES string of the molecule is [2H]c1cc(C([2H])([2H])C(C)(C)C)cc([2H])c1-c1ccc(-c2cc[n+](C)c(-c3ccccc3C)c2)cc1. The third-order valence-electron chi connectivity index (χ3n) is 5.34. The molecule has 3 aromatic carbocycles. The second kappa shape index (κ2) is 8.51. The van der Waals surface area contributed by atoms with Gasteiger partial charge in [0.1, 0.15) is 7.05 Å². The number of pyridine rings is 1. The van der Waals surface area contributed by atoms with Gasteiger partial charge in [0.2, 0.25) is 5.69 Å². The molecule has 156 valence electrons. The molecule has 0 unspecified atom stereocenters. The van der Waals surface area contributed by atoms with E-state index < -0.39 is 11.8 Å². The average molecular weight is 411 g/mol. The Kier molecular flexibility index (Phi) is 4.53. The molecule has 0 atom stereocenters. The van der Waals surface area contributed by atoms with Crippen LogP contribution >= 0.6 is 0 Å². The Morgan fingerprint density at radius 2 is 1.42 bits per heavy atom. The maximum atomic E-state index is 8.57. The summed E-state index contributed by atoms with van der Waals surface area (Å²) < 4.78 is 36.3. The van der Waals surface area contributed by atoms with Crippen LogP contribution in [0.15, 0.2) is 91.1 Å². The second-order valence-electron chi connectivity index (χ2n) is 9.09. The molecule has 1 nitrogen and oxygen atoms in total. The van der Waals surface area contributed by atoms with E-state index in [1.807, 2.05) is 58.2 Å². The van der Waals surface area contributed by atoms with E-state index in [1.165, 1.54) is 11.1 Å². The van der Waals surface area contributed by atoms with Crippen LogP contribution in [0.3, 0.4) is 0 Å². The van der Waals surface area contributed by atoms with Gasteiger partial charge in [0.05, 0.1) is 2.74 Å². The lowest BCUT2D eigenvalue weighted by atomic mass is 9.87. The summed E-state index contributed by atoms with van der Waals surface area (Å²) in [6.45, 7) is 7.62. The molecule has 0 amide bonds. The van der Waals surface area contributed by atoms with Gasteiger partial charge in [0, 0.05) is 20.4 Å². The van der Waals surface area contributed by atoms with E-state index in [-0.39, 0.29) is 12.1 Å². The van der Waals surface area contributed by atoms with Crippen molar-refractivity contribution in [1.82, 2.24) is 0 Å². The van der Waals surface area contributed by atoms with Crippen LogP contribution in [0.5, 0.6) is 0 Å². The lowest BCUT2D eigenvalue weighted by Crippen LogP contribution is -2.30. The van der Waals surface area contributed by atoms with Crippen molar-refractivity contribution in [2.75, 3.05) is 0 Å². The van der Waals surface area contributed by atoms with Crippen molar-refractivity contribution in [3.05, 3.63) is 102 Å². The van der Waals surface area contributed by atoms with Gasteiger partial charge in [-0.05, 0) is 58.2 Å². The van der Waals surface area contributed by atoms with Crippen molar-refractivity contribution in [3.8, 4) is 33.5 Å². The molecular weight excluding hydrogens is 374 g/mol. The summed E-state index contributed by atoms with van der Waals surface area (Å²) in [5.74, 6) is 0. The lowest BCUT2D eigenvalue weighted by molar-refractivity contribution is -0.660. The first kappa shape index (κ1) is 16.5. The van der Waals surface area contributed by atoms with Crippen LogP contribution in [-0.2, 0) is 13.4 Å². The van der Waals surface area contributed by atoms with Gasteiger partial charge in [0.15, 0.2) is 6.20 Å². The summed E-state index contributed by atoms with van der Waals surface area (Å²) in [5, 5.41) is 0. The molecule has 31 heavy (non-hydrogen) atoms. The first-order chi connectivity index (χ1) is 16.4. The molecule has 0 aliphatic rings. The van der Waals surface area contributed by atoms with Crippen molar-refractivity contribution in [2.45, 2.75) is 34.1 Å². The smallest absolute Gasteiger partial charge is 0.201 e. The van der Waals surface area contributed by atoms with E-state index in [2.05, 4.69) is 48.0 Å². The molecule has 1 heteroatoms. The standard InChI is InChI=1S/C30H32N/c1-22-8-6-7-9-28(22)29-20-27(18-19-31(29)5)26-16-14-25(15-17-26)24-12-10-23(11-13-24)21-30(2,3)4/h6-20H,21H2,1-5H3/q+1/i12D,13D,21D2. The number of nitrogens with zero attached hydrogens (tertiary/aromatic N) is 1. The van der Waals surface area contributed by atoms with Crippen molar-refractivity contribution in [1.29, 1.82) is 0 Å². The zero-order valence-electron chi connectivity index (χ0n) is 23.0. The van der Waals surface area contributed by atoms with Crippen molar-refractivity contribution in [2.24, 2.45) is 12.5 Å². The third kappa shape index (κ3) is 4.94. The molecule has 0 saturated carbocycles. The summed E-state index contributed by atoms with van der Waals surface area (Å²) in [4.78, 5) is 0. The fourth-order valence-electron chi connectivity index (χ4n) is 3.76. The Hall–Kier alpha value is -3.19. The van der Waals surface area contributed by atoms with Gasteiger partial charge in [-0.15, -0.1) is 0 Å². The van der Waals surface area contributed by atoms with Crippen molar-refractivity contribution < 1.29 is 10.1 Å². The highest BCUT2D eigenvalue weighted by Crippen LogP contribution is 2.29. The van der Waals surface area contributed by atoms with Gasteiger partial charge in [-0.1, -0.05) is 87.5 Å². The molecule has 0 spiro atoms. The number of aryl methyl sites for hydroxylation is 2. The average Bonchev–Trinajstić information content (AvgIpc) is 2.79. The molecule has 0 fully saturated rings. The molecule has 0 radical (unpaired) electrons. The van der Waals surface area contributed by atoms with E-state index in [0.29, 0.717) is 11.1 Å². The van der Waals surface area contributed by atoms with Gasteiger partial charge in [-0.25, -0.2) is 4.57 Å². The third-order valence-corrected chi connectivity index (χ3v) is 5.34. The molecule has 4 aromatic rings. The zero-order valence-corrected chi connectivity index (χ0v) is 19.0. The predicted molar refractivity (Wildman–Crippen MR) is 132 cm³/mol. The van der Waals surface area contributed by atoms with Gasteiger partial charge < -0.3 is 0 Å². The minimum Gasteiger partial charge on any atom is -0.201 e. The minimum atomic E-state index is -1.64. The van der Waals surface area contributed by atoms with E-state index in [4.69, 9.17) is 5.48 Å². The van der Waals surface area contributed by atoms with Crippen LogP contribution in [0.4, 0.5) is 0 Å². The monoisotopic (exact) mass is 410 g/mol. The number of hydrogen-bond acceptors (Lipinski definition) is 0. The maximum absolute atomic E-state index is 8.57. The molecule has 0 N–H and O–H groups in total. The van der Waals surface area contributed by atoms with Crippen LogP contribution < -0.4 is 4.57 Å². The van der Waals surface area contributed by atoms with Gasteiger partial charge in [-0.2, -0.15) is 0 Å². The highest BCUT2D eigenvalue weighted by molar-refractivity contribution is 5.73. The second-order valence-corrected chi connectivity index (χ2v) is 9.09. The van der Waals surface area contributed by atoms with Crippen LogP contribution in [0.2, 0.25) is 0 Å². The van der Waals surface area contributed by atoms with Crippen LogP contribution in [0.25, 0.3) is 33.5 Å². The van der Waals surface area contributed by atoms with Gasteiger partial charge in [-0.3, -0.25) is 0 Å². The van der Waals surface area contributed by atoms with Gasteiger partial charge in [0.25, 0.3) is 0 Å². The van der Waals surface area contributed by atoms with E-state index >= 15 is 0 Å². The molecule has 0 saturated heterocycles. The minimum absolute atomic E-state index is 0.168. The predicted octanol–water partition coefficient (Wildman–Crippen LogP) is 7.41. The topological polar surface area (TPSA) is 3.88 Å². The van der Waals surface area contributed by atoms with E-state index in [1.54, 1.807) is 12.1 Å². The first-order valence-electron chi connectivity index (χ1n) is 12.7. The summed E-state index contributed by atoms with van der Waals surface area (Å²) >= 11 is 0. The van der Waals surface area contributed by atoms with Crippen molar-refractivity contribution in [3.63, 3.8) is 0 Å². The number of rotatable bonds is 4. The Balaban J connectivity index is 1.70. The summed E-state index contributed by atoms with van der Waals surface area (Å²) in [6.07, 6.45) is 0.427. The molecule has 1 aromatic heterocycles. The maximum Gasteiger partial charge on any atom is 0.213 e. The largest absolute Gasteiger partial charge is 0.213 e. The quantitative estimate of drug-likeness (QED) is 0.308. The number of aromatic nitrogens is 1. The Morgan fingerprint density at radius 3 is 2.03 bits per heavy atom. The molecule has 0 bridgehead atoms. The van der Waals surface area contributed by atoms with Crippen LogP contribution in [-0.4, -0.2) is 0 Å². The van der Waals surface area contributed by atoms with E-state index in [0.717, 1.165) is 22.4 Å². The zero-order chi connectivity index (χ0) is 25.5. The fraction of sp³-hybridized carbons (Fsp3) is 0.233. The molecule has 0 aliphatic heterocycles. The van der Waals surface area contributed by atoms with Crippen LogP contribution in [0.1, 0.15) is 37.4 Å². The molecular formula is C30H32N+. The Morgan fingerprint density at radius 1 is 0.806 bits per heavy atom. The van der Waals surface area contributed by atoms with Crippen molar-refractivity contribution >= 4 is 0 Å². The summed E-state index contributed by atoms with van der Waals surface area (Å²) in [7, 11) is 2.05. The van der Waals surface area contributed by atoms with E-state index in [9.17, 15) is 0 Å². The van der Waals surface area contributed by atoms with Gasteiger partial charge >= 0.3 is 0 Å². The highest BCUT2D eigenvalue weighted by Gasteiger charge is 2.14. The lowest BCUT2D eigenvalue weighted by Gasteiger charge is -2.18. The Bertz CT molecular complexity index is 1360. The highest BCUT2D eigenvalue weighted by atomic mass is 14.9. The Labute approximate surface area is 192 Å². The number of hydrogen-bond donors (Lipinski definition) is 0. The molecule has 4 rings (SSSR count). The van der Waals surface area contributed by atoms with Crippen LogP contribution in [0, 0.1) is 12.3 Å². The summed E-state index contributed by atoms with van der Waals surface area (Å²) in [6, 6.07) is 24.0. The summed E-state index contributed by atoms with van der Waals surface area (Å²) in [5.41, 5.74) is 6.75. The number of benzene rings is 3. The normalized spacial score (nSPS) is 13.8.